The molecule has 0 spiro atoms. The molecule has 1 aliphatic rings. The van der Waals surface area contributed by atoms with Crippen molar-refractivity contribution in [3.8, 4) is 6.07 Å². The predicted octanol–water partition coefficient (Wildman–Crippen LogP) is 1.19. The minimum absolute atomic E-state index is 0.179. The van der Waals surface area contributed by atoms with E-state index in [9.17, 15) is 4.79 Å². The van der Waals surface area contributed by atoms with Gasteiger partial charge in [-0.15, -0.1) is 0 Å². The maximum atomic E-state index is 12.0. The number of hydrogen-bond acceptors (Lipinski definition) is 4. The van der Waals surface area contributed by atoms with Crippen LogP contribution < -0.4 is 5.32 Å². The lowest BCUT2D eigenvalue weighted by Gasteiger charge is -2.44. The fourth-order valence-corrected chi connectivity index (χ4v) is 1.66. The second kappa shape index (κ2) is 5.03. The molecule has 5 nitrogen and oxygen atoms in total. The smallest absolute Gasteiger partial charge is 0.249 e. The lowest BCUT2D eigenvalue weighted by atomic mass is 9.85. The summed E-state index contributed by atoms with van der Waals surface area (Å²) in [5, 5.41) is 11.1. The van der Waals surface area contributed by atoms with Crippen molar-refractivity contribution in [1.29, 1.82) is 5.26 Å². The Morgan fingerprint density at radius 1 is 1.47 bits per heavy atom. The van der Waals surface area contributed by atoms with Gasteiger partial charge in [0.05, 0.1) is 19.1 Å². The van der Waals surface area contributed by atoms with Crippen LogP contribution in [0.3, 0.4) is 0 Å². The van der Waals surface area contributed by atoms with Crippen LogP contribution in [0.2, 0.25) is 0 Å². The van der Waals surface area contributed by atoms with E-state index in [1.165, 1.54) is 0 Å². The number of carbonyl (C=O) groups is 1. The first-order chi connectivity index (χ1) is 7.78. The molecular weight excluding hydrogens is 220 g/mol. The zero-order valence-corrected chi connectivity index (χ0v) is 10.9. The molecule has 1 N–H and O–H groups in total. The van der Waals surface area contributed by atoms with E-state index in [0.717, 1.165) is 0 Å². The first kappa shape index (κ1) is 13.9. The second-order valence-corrected chi connectivity index (χ2v) is 5.37. The van der Waals surface area contributed by atoms with Gasteiger partial charge in [0.25, 0.3) is 0 Å². The summed E-state index contributed by atoms with van der Waals surface area (Å²) < 4.78 is 11.2. The van der Waals surface area contributed by atoms with Gasteiger partial charge in [-0.3, -0.25) is 4.79 Å². The molecule has 0 aromatic rings. The molecule has 1 fully saturated rings. The van der Waals surface area contributed by atoms with E-state index in [2.05, 4.69) is 5.32 Å². The van der Waals surface area contributed by atoms with Crippen molar-refractivity contribution < 1.29 is 14.3 Å². The molecule has 0 radical (unpaired) electrons. The van der Waals surface area contributed by atoms with Crippen LogP contribution >= 0.6 is 0 Å². The Balaban J connectivity index is 2.65. The Morgan fingerprint density at radius 2 is 2.12 bits per heavy atom. The fraction of sp³-hybridized carbons (Fsp3) is 0.833. The summed E-state index contributed by atoms with van der Waals surface area (Å²) in [6.07, 6.45) is -0.247. The van der Waals surface area contributed by atoms with Crippen LogP contribution in [0.25, 0.3) is 0 Å². The number of nitrogens with one attached hydrogen (secondary N) is 1. The van der Waals surface area contributed by atoms with Gasteiger partial charge < -0.3 is 14.8 Å². The zero-order chi connectivity index (χ0) is 13.1. The number of amides is 1. The van der Waals surface area contributed by atoms with E-state index >= 15 is 0 Å². The van der Waals surface area contributed by atoms with Gasteiger partial charge in [-0.2, -0.15) is 5.26 Å². The Hall–Kier alpha value is -1.12. The summed E-state index contributed by atoms with van der Waals surface area (Å²) in [7, 11) is 0. The van der Waals surface area contributed by atoms with Crippen molar-refractivity contribution in [1.82, 2.24) is 5.32 Å². The van der Waals surface area contributed by atoms with Crippen LogP contribution in [0.1, 0.15) is 34.1 Å². The molecule has 0 aromatic carbocycles. The summed E-state index contributed by atoms with van der Waals surface area (Å²) in [6, 6.07) is 1.98. The summed E-state index contributed by atoms with van der Waals surface area (Å²) in [5.74, 6) is -0.922. The average molecular weight is 240 g/mol. The zero-order valence-electron chi connectivity index (χ0n) is 10.9. The Kier molecular flexibility index (Phi) is 4.12. The van der Waals surface area contributed by atoms with Gasteiger partial charge in [0.1, 0.15) is 6.10 Å². The normalized spacial score (nSPS) is 25.9. The summed E-state index contributed by atoms with van der Waals surface area (Å²) in [4.78, 5) is 12.0. The van der Waals surface area contributed by atoms with Crippen LogP contribution in [0.5, 0.6) is 0 Å². The maximum absolute atomic E-state index is 12.0. The van der Waals surface area contributed by atoms with Crippen molar-refractivity contribution >= 4 is 5.91 Å². The minimum Gasteiger partial charge on any atom is -0.353 e. The van der Waals surface area contributed by atoms with Gasteiger partial charge in [-0.05, 0) is 13.8 Å². The molecule has 17 heavy (non-hydrogen) atoms. The van der Waals surface area contributed by atoms with E-state index in [0.29, 0.717) is 19.6 Å². The third kappa shape index (κ3) is 3.69. The van der Waals surface area contributed by atoms with Gasteiger partial charge in [0, 0.05) is 12.0 Å². The molecule has 5 heteroatoms. The van der Waals surface area contributed by atoms with Crippen molar-refractivity contribution in [2.45, 2.75) is 46.0 Å². The van der Waals surface area contributed by atoms with Crippen LogP contribution in [0.15, 0.2) is 0 Å². The molecule has 96 valence electrons. The number of nitriles is 1. The lowest BCUT2D eigenvalue weighted by molar-refractivity contribution is -0.304. The third-order valence-corrected chi connectivity index (χ3v) is 2.68. The van der Waals surface area contributed by atoms with Crippen LogP contribution in [0.4, 0.5) is 0 Å². The van der Waals surface area contributed by atoms with E-state index in [1.807, 2.05) is 19.9 Å². The van der Waals surface area contributed by atoms with Crippen molar-refractivity contribution in [3.05, 3.63) is 0 Å². The molecule has 0 aromatic heterocycles. The van der Waals surface area contributed by atoms with Crippen molar-refractivity contribution in [2.24, 2.45) is 5.41 Å². The van der Waals surface area contributed by atoms with E-state index in [1.54, 1.807) is 13.8 Å². The molecule has 0 unspecified atom stereocenters. The monoisotopic (exact) mass is 240 g/mol. The fourth-order valence-electron chi connectivity index (χ4n) is 1.66. The molecule has 1 aliphatic heterocycles. The maximum Gasteiger partial charge on any atom is 0.249 e. The number of nitrogens with zero attached hydrogens (tertiary/aromatic N) is 1. The molecule has 1 amide bonds. The highest BCUT2D eigenvalue weighted by atomic mass is 16.7. The van der Waals surface area contributed by atoms with E-state index < -0.39 is 11.9 Å². The molecule has 0 bridgehead atoms. The SMILES string of the molecule is CC1(C)OCC(C)(C)[C@H](C(=O)NCCC#N)O1. The van der Waals surface area contributed by atoms with Crippen molar-refractivity contribution in [3.63, 3.8) is 0 Å². The molecule has 0 saturated carbocycles. The van der Waals surface area contributed by atoms with Gasteiger partial charge in [0.2, 0.25) is 5.91 Å². The number of carbonyl (C=O) groups excluding carboxylic acids is 1. The van der Waals surface area contributed by atoms with Gasteiger partial charge in [-0.1, -0.05) is 13.8 Å². The van der Waals surface area contributed by atoms with Crippen LogP contribution in [0, 0.1) is 16.7 Å². The predicted molar refractivity (Wildman–Crippen MR) is 61.9 cm³/mol. The molecule has 1 rings (SSSR count). The molecule has 0 aliphatic carbocycles. The lowest BCUT2D eigenvalue weighted by Crippen LogP contribution is -2.56. The van der Waals surface area contributed by atoms with Crippen molar-refractivity contribution in [2.75, 3.05) is 13.2 Å². The summed E-state index contributed by atoms with van der Waals surface area (Å²) in [5.41, 5.74) is -0.369. The van der Waals surface area contributed by atoms with Crippen LogP contribution in [-0.2, 0) is 14.3 Å². The van der Waals surface area contributed by atoms with Gasteiger partial charge in [0.15, 0.2) is 5.79 Å². The quantitative estimate of drug-likeness (QED) is 0.752. The largest absolute Gasteiger partial charge is 0.353 e. The highest BCUT2D eigenvalue weighted by molar-refractivity contribution is 5.81. The number of hydrogen-bond donors (Lipinski definition) is 1. The third-order valence-electron chi connectivity index (χ3n) is 2.68. The highest BCUT2D eigenvalue weighted by Crippen LogP contribution is 2.34. The van der Waals surface area contributed by atoms with E-state index in [4.69, 9.17) is 14.7 Å². The Morgan fingerprint density at radius 3 is 2.71 bits per heavy atom. The first-order valence-electron chi connectivity index (χ1n) is 5.75. The topological polar surface area (TPSA) is 71.3 Å². The molecule has 1 heterocycles. The standard InChI is InChI=1S/C12H20N2O3/c1-11(2)8-16-12(3,4)17-9(11)10(15)14-7-5-6-13/h9H,5,7-8H2,1-4H3,(H,14,15)/t9-/m0/s1. The number of ether oxygens (including phenoxy) is 2. The first-order valence-corrected chi connectivity index (χ1v) is 5.75. The van der Waals surface area contributed by atoms with Crippen LogP contribution in [-0.4, -0.2) is 30.9 Å². The van der Waals surface area contributed by atoms with Gasteiger partial charge >= 0.3 is 0 Å². The number of rotatable bonds is 3. The van der Waals surface area contributed by atoms with E-state index in [-0.39, 0.29) is 11.3 Å². The summed E-state index contributed by atoms with van der Waals surface area (Å²) in [6.45, 7) is 8.26. The Bertz CT molecular complexity index is 331. The molecule has 1 saturated heterocycles. The second-order valence-electron chi connectivity index (χ2n) is 5.37. The highest BCUT2D eigenvalue weighted by Gasteiger charge is 2.45. The average Bonchev–Trinajstić information content (AvgIpc) is 2.22. The molecule has 1 atom stereocenters. The summed E-state index contributed by atoms with van der Waals surface area (Å²) >= 11 is 0. The minimum atomic E-state index is -0.743. The van der Waals surface area contributed by atoms with Gasteiger partial charge in [-0.25, -0.2) is 0 Å². The molecular formula is C12H20N2O3. The Labute approximate surface area is 102 Å².